The van der Waals surface area contributed by atoms with E-state index in [4.69, 9.17) is 20.4 Å². The van der Waals surface area contributed by atoms with Gasteiger partial charge in [0.05, 0.1) is 17.1 Å². The summed E-state index contributed by atoms with van der Waals surface area (Å²) < 4.78 is 11.4. The van der Waals surface area contributed by atoms with Gasteiger partial charge in [-0.15, -0.1) is 20.4 Å². The number of amides is 1. The summed E-state index contributed by atoms with van der Waals surface area (Å²) in [5.41, 5.74) is 1.54. The van der Waals surface area contributed by atoms with Crippen molar-refractivity contribution in [3.63, 3.8) is 0 Å². The monoisotopic (exact) mass is 457 g/mol. The fraction of sp³-hybridized carbons (Fsp3) is 0.286. The van der Waals surface area contributed by atoms with Crippen molar-refractivity contribution in [3.8, 4) is 22.9 Å². The number of benzene rings is 1. The number of hydrogen-bond acceptors (Lipinski definition) is 8. The average molecular weight is 458 g/mol. The molecule has 0 bridgehead atoms. The first-order chi connectivity index (χ1) is 15.1. The maximum atomic E-state index is 12.8. The quantitative estimate of drug-likeness (QED) is 0.353. The number of carbonyl (C=O) groups excluding carboxylic acids is 1. The van der Waals surface area contributed by atoms with E-state index < -0.39 is 0 Å². The Balaban J connectivity index is 1.38. The zero-order chi connectivity index (χ0) is 21.6. The highest BCUT2D eigenvalue weighted by Crippen LogP contribution is 2.26. The van der Waals surface area contributed by atoms with E-state index in [0.29, 0.717) is 47.1 Å². The summed E-state index contributed by atoms with van der Waals surface area (Å²) in [6.45, 7) is 2.81. The Kier molecular flexibility index (Phi) is 6.73. The van der Waals surface area contributed by atoms with Crippen LogP contribution in [0.4, 0.5) is 0 Å². The molecule has 0 aliphatic heterocycles. The zero-order valence-corrected chi connectivity index (χ0v) is 18.4. The topological polar surface area (TPSA) is 98.2 Å². The smallest absolute Gasteiger partial charge is 0.249 e. The molecule has 160 valence electrons. The third-order valence-corrected chi connectivity index (χ3v) is 5.54. The van der Waals surface area contributed by atoms with Crippen molar-refractivity contribution in [2.24, 2.45) is 0 Å². The van der Waals surface area contributed by atoms with Crippen molar-refractivity contribution < 1.29 is 13.6 Å². The number of aryl methyl sites for hydroxylation is 1. The van der Waals surface area contributed by atoms with Crippen LogP contribution in [0.3, 0.4) is 0 Å². The van der Waals surface area contributed by atoms with E-state index in [-0.39, 0.29) is 18.9 Å². The molecular weight excluding hydrogens is 438 g/mol. The Morgan fingerprint density at radius 3 is 2.61 bits per heavy atom. The van der Waals surface area contributed by atoms with Crippen molar-refractivity contribution in [1.29, 1.82) is 0 Å². The predicted molar refractivity (Wildman–Crippen MR) is 116 cm³/mol. The summed E-state index contributed by atoms with van der Waals surface area (Å²) in [4.78, 5) is 14.5. The van der Waals surface area contributed by atoms with Gasteiger partial charge in [0.2, 0.25) is 29.5 Å². The Morgan fingerprint density at radius 2 is 1.84 bits per heavy atom. The molecule has 8 nitrogen and oxygen atoms in total. The second kappa shape index (κ2) is 9.84. The molecular formula is C21H20ClN5O3S. The van der Waals surface area contributed by atoms with Gasteiger partial charge in [-0.2, -0.15) is 11.3 Å². The highest BCUT2D eigenvalue weighted by molar-refractivity contribution is 7.08. The molecule has 0 saturated heterocycles. The lowest BCUT2D eigenvalue weighted by atomic mass is 10.2. The fourth-order valence-electron chi connectivity index (χ4n) is 3.02. The van der Waals surface area contributed by atoms with Crippen LogP contribution in [-0.2, 0) is 17.8 Å². The predicted octanol–water partition coefficient (Wildman–Crippen LogP) is 4.87. The number of rotatable bonds is 9. The number of thiophene rings is 1. The minimum atomic E-state index is -0.0466. The first kappa shape index (κ1) is 21.2. The lowest BCUT2D eigenvalue weighted by Gasteiger charge is -2.19. The van der Waals surface area contributed by atoms with Crippen molar-refractivity contribution in [2.45, 2.75) is 32.7 Å². The summed E-state index contributed by atoms with van der Waals surface area (Å²) in [6, 6.07) is 9.16. The van der Waals surface area contributed by atoms with Gasteiger partial charge in [-0.05, 0) is 30.0 Å². The molecule has 0 fully saturated rings. The SMILES string of the molecule is CCCN(Cc1nnc(-c2ccccc2Cl)o1)C(=O)CCc1nnc(-c2ccsc2)o1. The van der Waals surface area contributed by atoms with Crippen LogP contribution in [0.15, 0.2) is 49.9 Å². The van der Waals surface area contributed by atoms with Gasteiger partial charge >= 0.3 is 0 Å². The van der Waals surface area contributed by atoms with Crippen LogP contribution in [0.1, 0.15) is 31.5 Å². The molecule has 0 saturated carbocycles. The van der Waals surface area contributed by atoms with E-state index in [9.17, 15) is 4.79 Å². The van der Waals surface area contributed by atoms with Crippen molar-refractivity contribution in [2.75, 3.05) is 6.54 Å². The lowest BCUT2D eigenvalue weighted by Crippen LogP contribution is -2.31. The van der Waals surface area contributed by atoms with Crippen LogP contribution in [-0.4, -0.2) is 37.7 Å². The molecule has 3 heterocycles. The molecule has 0 radical (unpaired) electrons. The van der Waals surface area contributed by atoms with Gasteiger partial charge in [0.25, 0.3) is 0 Å². The summed E-state index contributed by atoms with van der Waals surface area (Å²) in [5.74, 6) is 1.54. The van der Waals surface area contributed by atoms with Crippen molar-refractivity contribution >= 4 is 28.8 Å². The fourth-order valence-corrected chi connectivity index (χ4v) is 3.86. The highest BCUT2D eigenvalue weighted by atomic mass is 35.5. The van der Waals surface area contributed by atoms with E-state index in [2.05, 4.69) is 20.4 Å². The minimum Gasteiger partial charge on any atom is -0.421 e. The second-order valence-electron chi connectivity index (χ2n) is 6.81. The number of halogens is 1. The number of hydrogen-bond donors (Lipinski definition) is 0. The minimum absolute atomic E-state index is 0.0466. The molecule has 10 heteroatoms. The van der Waals surface area contributed by atoms with Gasteiger partial charge in [0, 0.05) is 30.3 Å². The first-order valence-electron chi connectivity index (χ1n) is 9.84. The van der Waals surface area contributed by atoms with E-state index in [1.807, 2.05) is 41.9 Å². The zero-order valence-electron chi connectivity index (χ0n) is 16.8. The maximum Gasteiger partial charge on any atom is 0.249 e. The molecule has 0 N–H and O–H groups in total. The van der Waals surface area contributed by atoms with Gasteiger partial charge < -0.3 is 13.7 Å². The molecule has 0 aliphatic carbocycles. The molecule has 31 heavy (non-hydrogen) atoms. The standard InChI is InChI=1S/C21H20ClN5O3S/c1-2-10-27(12-18-24-26-21(30-18)15-5-3-4-6-16(15)22)19(28)8-7-17-23-25-20(29-17)14-9-11-31-13-14/h3-6,9,11,13H,2,7-8,10,12H2,1H3. The van der Waals surface area contributed by atoms with Gasteiger partial charge in [0.15, 0.2) is 0 Å². The Morgan fingerprint density at radius 1 is 1.06 bits per heavy atom. The largest absolute Gasteiger partial charge is 0.421 e. The molecule has 0 unspecified atom stereocenters. The van der Waals surface area contributed by atoms with E-state index >= 15 is 0 Å². The molecule has 0 atom stereocenters. The van der Waals surface area contributed by atoms with Crippen molar-refractivity contribution in [1.82, 2.24) is 25.3 Å². The van der Waals surface area contributed by atoms with E-state index in [0.717, 1.165) is 12.0 Å². The maximum absolute atomic E-state index is 12.8. The number of nitrogens with zero attached hydrogens (tertiary/aromatic N) is 5. The van der Waals surface area contributed by atoms with Gasteiger partial charge in [0.1, 0.15) is 0 Å². The van der Waals surface area contributed by atoms with Gasteiger partial charge in [-0.3, -0.25) is 4.79 Å². The lowest BCUT2D eigenvalue weighted by molar-refractivity contribution is -0.132. The molecule has 1 aromatic carbocycles. The Bertz CT molecular complexity index is 1140. The molecule has 3 aromatic heterocycles. The van der Waals surface area contributed by atoms with E-state index in [1.54, 1.807) is 22.3 Å². The average Bonchev–Trinajstić information content (AvgIpc) is 3.53. The summed E-state index contributed by atoms with van der Waals surface area (Å²) in [6.07, 6.45) is 1.42. The van der Waals surface area contributed by atoms with Crippen LogP contribution in [0.25, 0.3) is 22.9 Å². The third-order valence-electron chi connectivity index (χ3n) is 4.53. The molecule has 1 amide bonds. The van der Waals surface area contributed by atoms with Crippen LogP contribution in [0.2, 0.25) is 5.02 Å². The molecule has 0 aliphatic rings. The third kappa shape index (κ3) is 5.18. The second-order valence-corrected chi connectivity index (χ2v) is 8.00. The van der Waals surface area contributed by atoms with Gasteiger partial charge in [-0.25, -0.2) is 0 Å². The normalized spacial score (nSPS) is 11.0. The number of carbonyl (C=O) groups is 1. The van der Waals surface area contributed by atoms with Crippen molar-refractivity contribution in [3.05, 3.63) is 57.9 Å². The van der Waals surface area contributed by atoms with Gasteiger partial charge in [-0.1, -0.05) is 30.7 Å². The van der Waals surface area contributed by atoms with Crippen LogP contribution >= 0.6 is 22.9 Å². The summed E-state index contributed by atoms with van der Waals surface area (Å²) in [5, 5.41) is 20.6. The van der Waals surface area contributed by atoms with E-state index in [1.165, 1.54) is 0 Å². The Hall–Kier alpha value is -3.04. The first-order valence-corrected chi connectivity index (χ1v) is 11.2. The van der Waals surface area contributed by atoms with Crippen LogP contribution in [0.5, 0.6) is 0 Å². The molecule has 0 spiro atoms. The highest BCUT2D eigenvalue weighted by Gasteiger charge is 2.19. The Labute approximate surface area is 187 Å². The summed E-state index contributed by atoms with van der Waals surface area (Å²) in [7, 11) is 0. The van der Waals surface area contributed by atoms with Crippen LogP contribution < -0.4 is 0 Å². The molecule has 4 aromatic rings. The summed E-state index contributed by atoms with van der Waals surface area (Å²) >= 11 is 7.75. The number of aromatic nitrogens is 4. The molecule has 4 rings (SSSR count). The van der Waals surface area contributed by atoms with Crippen LogP contribution in [0, 0.1) is 0 Å².